The minimum absolute atomic E-state index is 0.433. The Hall–Kier alpha value is -2.80. The highest BCUT2D eigenvalue weighted by molar-refractivity contribution is 9.10. The van der Waals surface area contributed by atoms with Crippen LogP contribution in [-0.4, -0.2) is 28.7 Å². The number of methoxy groups -OCH3 is 1. The van der Waals surface area contributed by atoms with Crippen molar-refractivity contribution in [1.82, 2.24) is 15.2 Å². The molecule has 1 aromatic heterocycles. The molecule has 1 heterocycles. The maximum absolute atomic E-state index is 11.5. The summed E-state index contributed by atoms with van der Waals surface area (Å²) < 4.78 is 6.08. The van der Waals surface area contributed by atoms with Crippen molar-refractivity contribution in [2.45, 2.75) is 13.5 Å². The standard InChI is InChI=1S/C19H19BrN4O2/c1-13-18(20)19(22-21-13)15-4-3-5-16(10-15)23-24(12-25)11-14-6-8-17(26-2)9-7-14/h3-10,12,23H,11H2,1-2H3,(H,21,22). The minimum atomic E-state index is 0.433. The van der Waals surface area contributed by atoms with Crippen LogP contribution in [0.25, 0.3) is 11.3 Å². The third-order valence-electron chi connectivity index (χ3n) is 3.92. The van der Waals surface area contributed by atoms with Crippen LogP contribution in [-0.2, 0) is 11.3 Å². The van der Waals surface area contributed by atoms with Gasteiger partial charge in [-0.15, -0.1) is 0 Å². The summed E-state index contributed by atoms with van der Waals surface area (Å²) in [5.74, 6) is 0.784. The second kappa shape index (κ2) is 8.05. The molecule has 0 unspecified atom stereocenters. The second-order valence-corrected chi connectivity index (χ2v) is 6.58. The smallest absolute Gasteiger partial charge is 0.228 e. The van der Waals surface area contributed by atoms with Crippen molar-refractivity contribution in [1.29, 1.82) is 0 Å². The van der Waals surface area contributed by atoms with E-state index in [9.17, 15) is 4.79 Å². The van der Waals surface area contributed by atoms with Crippen LogP contribution >= 0.6 is 15.9 Å². The third-order valence-corrected chi connectivity index (χ3v) is 4.89. The van der Waals surface area contributed by atoms with Gasteiger partial charge >= 0.3 is 0 Å². The number of aromatic nitrogens is 2. The van der Waals surface area contributed by atoms with Gasteiger partial charge in [0.2, 0.25) is 6.41 Å². The van der Waals surface area contributed by atoms with E-state index >= 15 is 0 Å². The summed E-state index contributed by atoms with van der Waals surface area (Å²) in [7, 11) is 1.63. The zero-order chi connectivity index (χ0) is 18.5. The number of hydrogen-bond donors (Lipinski definition) is 2. The maximum atomic E-state index is 11.5. The number of amides is 1. The predicted octanol–water partition coefficient (Wildman–Crippen LogP) is 4.14. The molecule has 0 atom stereocenters. The average molecular weight is 415 g/mol. The summed E-state index contributed by atoms with van der Waals surface area (Å²) in [5.41, 5.74) is 7.66. The number of hydrazine groups is 1. The second-order valence-electron chi connectivity index (χ2n) is 5.79. The largest absolute Gasteiger partial charge is 0.497 e. The number of aryl methyl sites for hydroxylation is 1. The molecule has 2 N–H and O–H groups in total. The Labute approximate surface area is 160 Å². The van der Waals surface area contributed by atoms with Crippen molar-refractivity contribution in [2.24, 2.45) is 0 Å². The van der Waals surface area contributed by atoms with E-state index in [4.69, 9.17) is 4.74 Å². The summed E-state index contributed by atoms with van der Waals surface area (Å²) in [6.45, 7) is 2.38. The predicted molar refractivity (Wildman–Crippen MR) is 105 cm³/mol. The van der Waals surface area contributed by atoms with E-state index in [1.165, 1.54) is 5.01 Å². The van der Waals surface area contributed by atoms with Gasteiger partial charge in [0.15, 0.2) is 0 Å². The van der Waals surface area contributed by atoms with Crippen molar-refractivity contribution in [3.63, 3.8) is 0 Å². The molecule has 6 nitrogen and oxygen atoms in total. The number of aromatic amines is 1. The third kappa shape index (κ3) is 4.05. The van der Waals surface area contributed by atoms with E-state index in [1.807, 2.05) is 55.5 Å². The number of rotatable bonds is 7. The molecule has 0 saturated heterocycles. The molecule has 1 amide bonds. The highest BCUT2D eigenvalue weighted by atomic mass is 79.9. The number of benzene rings is 2. The van der Waals surface area contributed by atoms with Crippen molar-refractivity contribution in [3.8, 4) is 17.0 Å². The van der Waals surface area contributed by atoms with Crippen molar-refractivity contribution in [3.05, 3.63) is 64.3 Å². The van der Waals surface area contributed by atoms with Crippen LogP contribution in [0.15, 0.2) is 53.0 Å². The van der Waals surface area contributed by atoms with Crippen LogP contribution in [0.4, 0.5) is 5.69 Å². The highest BCUT2D eigenvalue weighted by Crippen LogP contribution is 2.30. The molecule has 2 aromatic carbocycles. The van der Waals surface area contributed by atoms with E-state index in [1.54, 1.807) is 7.11 Å². The molecule has 0 spiro atoms. The number of ether oxygens (including phenoxy) is 1. The number of H-pyrrole nitrogens is 1. The summed E-state index contributed by atoms with van der Waals surface area (Å²) in [6, 6.07) is 15.3. The normalized spacial score (nSPS) is 10.4. The first kappa shape index (κ1) is 18.0. The molecule has 3 rings (SSSR count). The Morgan fingerprint density at radius 2 is 2.04 bits per heavy atom. The van der Waals surface area contributed by atoms with Crippen LogP contribution in [0.2, 0.25) is 0 Å². The Bertz CT molecular complexity index is 893. The maximum Gasteiger partial charge on any atom is 0.228 e. The Kier molecular flexibility index (Phi) is 5.58. The van der Waals surface area contributed by atoms with Gasteiger partial charge in [0.1, 0.15) is 11.4 Å². The lowest BCUT2D eigenvalue weighted by Crippen LogP contribution is -2.27. The molecular weight excluding hydrogens is 396 g/mol. The van der Waals surface area contributed by atoms with Gasteiger partial charge in [-0.2, -0.15) is 5.10 Å². The van der Waals surface area contributed by atoms with Crippen LogP contribution in [0.5, 0.6) is 5.75 Å². The summed E-state index contributed by atoms with van der Waals surface area (Å²) in [6.07, 6.45) is 0.769. The number of halogens is 1. The molecule has 0 aliphatic rings. The quantitative estimate of drug-likeness (QED) is 0.450. The monoisotopic (exact) mass is 414 g/mol. The molecular formula is C19H19BrN4O2. The zero-order valence-corrected chi connectivity index (χ0v) is 16.1. The number of nitrogens with one attached hydrogen (secondary N) is 2. The first-order valence-corrected chi connectivity index (χ1v) is 8.82. The fraction of sp³-hybridized carbons (Fsp3) is 0.158. The lowest BCUT2D eigenvalue weighted by Gasteiger charge is -2.20. The van der Waals surface area contributed by atoms with Crippen LogP contribution in [0.1, 0.15) is 11.3 Å². The molecule has 0 saturated carbocycles. The molecule has 0 radical (unpaired) electrons. The molecule has 7 heteroatoms. The molecule has 0 aliphatic carbocycles. The van der Waals surface area contributed by atoms with Crippen LogP contribution < -0.4 is 10.2 Å². The van der Waals surface area contributed by atoms with E-state index < -0.39 is 0 Å². The summed E-state index contributed by atoms with van der Waals surface area (Å²) >= 11 is 3.54. The van der Waals surface area contributed by atoms with Gasteiger partial charge in [0, 0.05) is 11.3 Å². The molecule has 0 aliphatic heterocycles. The average Bonchev–Trinajstić information content (AvgIpc) is 3.01. The van der Waals surface area contributed by atoms with E-state index in [0.717, 1.165) is 44.8 Å². The van der Waals surface area contributed by atoms with Gasteiger partial charge in [-0.3, -0.25) is 20.3 Å². The van der Waals surface area contributed by atoms with Gasteiger partial charge in [-0.25, -0.2) is 0 Å². The lowest BCUT2D eigenvalue weighted by atomic mass is 10.1. The Morgan fingerprint density at radius 3 is 2.65 bits per heavy atom. The summed E-state index contributed by atoms with van der Waals surface area (Å²) in [4.78, 5) is 11.5. The molecule has 134 valence electrons. The van der Waals surface area contributed by atoms with Gasteiger partial charge in [-0.05, 0) is 52.7 Å². The van der Waals surface area contributed by atoms with Crippen molar-refractivity contribution >= 4 is 28.0 Å². The Balaban J connectivity index is 1.75. The van der Waals surface area contributed by atoms with Crippen molar-refractivity contribution in [2.75, 3.05) is 12.5 Å². The zero-order valence-electron chi connectivity index (χ0n) is 14.5. The van der Waals surface area contributed by atoms with E-state index in [-0.39, 0.29) is 0 Å². The van der Waals surface area contributed by atoms with Gasteiger partial charge in [-0.1, -0.05) is 24.3 Å². The van der Waals surface area contributed by atoms with E-state index in [2.05, 4.69) is 31.6 Å². The van der Waals surface area contributed by atoms with Gasteiger partial charge in [0.25, 0.3) is 0 Å². The molecule has 3 aromatic rings. The SMILES string of the molecule is COc1ccc(CN(C=O)Nc2cccc(-c3n[nH]c(C)c3Br)c2)cc1. The topological polar surface area (TPSA) is 70.2 Å². The van der Waals surface area contributed by atoms with Crippen LogP contribution in [0, 0.1) is 6.92 Å². The number of nitrogens with zero attached hydrogens (tertiary/aromatic N) is 2. The number of hydrogen-bond acceptors (Lipinski definition) is 4. The number of carbonyl (C=O) groups excluding carboxylic acids is 1. The lowest BCUT2D eigenvalue weighted by molar-refractivity contribution is -0.117. The Morgan fingerprint density at radius 1 is 1.27 bits per heavy atom. The van der Waals surface area contributed by atoms with Crippen molar-refractivity contribution < 1.29 is 9.53 Å². The number of carbonyl (C=O) groups is 1. The molecule has 0 bridgehead atoms. The molecule has 26 heavy (non-hydrogen) atoms. The first-order chi connectivity index (χ1) is 12.6. The van der Waals surface area contributed by atoms with Gasteiger partial charge < -0.3 is 4.74 Å². The fourth-order valence-corrected chi connectivity index (χ4v) is 2.95. The summed E-state index contributed by atoms with van der Waals surface area (Å²) in [5, 5.41) is 8.76. The minimum Gasteiger partial charge on any atom is -0.497 e. The first-order valence-electron chi connectivity index (χ1n) is 8.03. The van der Waals surface area contributed by atoms with E-state index in [0.29, 0.717) is 6.54 Å². The fourth-order valence-electron chi connectivity index (χ4n) is 2.54. The van der Waals surface area contributed by atoms with Crippen LogP contribution in [0.3, 0.4) is 0 Å². The number of anilines is 1. The van der Waals surface area contributed by atoms with Gasteiger partial charge in [0.05, 0.1) is 23.8 Å². The molecule has 0 fully saturated rings. The highest BCUT2D eigenvalue weighted by Gasteiger charge is 2.11.